The van der Waals surface area contributed by atoms with Gasteiger partial charge in [0.15, 0.2) is 11.6 Å². The molecule has 2 aromatic heterocycles. The topological polar surface area (TPSA) is 94.2 Å². The van der Waals surface area contributed by atoms with Crippen molar-refractivity contribution in [3.63, 3.8) is 0 Å². The molecule has 0 amide bonds. The number of aromatic amines is 2. The van der Waals surface area contributed by atoms with E-state index in [0.717, 1.165) is 5.56 Å². The first-order chi connectivity index (χ1) is 16.0. The number of aliphatic hydroxyl groups excluding tert-OH is 1. The number of aromatic nitrogens is 3. The number of nitrogens with one attached hydrogen (secondary N) is 2. The molecule has 0 fully saturated rings. The normalized spacial score (nSPS) is 13.2. The summed E-state index contributed by atoms with van der Waals surface area (Å²) in [5, 5.41) is 21.6. The third-order valence-corrected chi connectivity index (χ3v) is 5.79. The number of benzene rings is 3. The van der Waals surface area contributed by atoms with Gasteiger partial charge in [0.1, 0.15) is 17.2 Å². The van der Waals surface area contributed by atoms with Gasteiger partial charge in [-0.25, -0.2) is 9.37 Å². The van der Waals surface area contributed by atoms with Crippen molar-refractivity contribution in [1.29, 1.82) is 0 Å². The van der Waals surface area contributed by atoms with Crippen molar-refractivity contribution in [2.45, 2.75) is 19.1 Å². The first-order valence-electron chi connectivity index (χ1n) is 10.5. The van der Waals surface area contributed by atoms with Crippen LogP contribution in [0.3, 0.4) is 0 Å². The molecule has 5 rings (SSSR count). The van der Waals surface area contributed by atoms with E-state index in [1.807, 2.05) is 36.4 Å². The monoisotopic (exact) mass is 443 g/mol. The molecule has 33 heavy (non-hydrogen) atoms. The zero-order chi connectivity index (χ0) is 23.0. The van der Waals surface area contributed by atoms with Gasteiger partial charge in [-0.3, -0.25) is 0 Å². The summed E-state index contributed by atoms with van der Waals surface area (Å²) in [6, 6.07) is 19.5. The summed E-state index contributed by atoms with van der Waals surface area (Å²) in [6.07, 6.45) is 3.28. The molecule has 1 unspecified atom stereocenters. The average molecular weight is 443 g/mol. The fraction of sp³-hybridized carbons (Fsp3) is 0.115. The van der Waals surface area contributed by atoms with Gasteiger partial charge in [-0.05, 0) is 30.7 Å². The standard InChI is InChI=1S/C26H22FN3O3/c1-26(32,17-7-3-2-4-8-17)23-14-29-25(30-23)16-6-5-9-18(12-16)33-24-20(15-31)19-10-11-28-22(19)13-21(24)27/h2-14,28,31-32H,15H2,1H3,(H,29,30). The van der Waals surface area contributed by atoms with E-state index < -0.39 is 11.4 Å². The first kappa shape index (κ1) is 20.9. The van der Waals surface area contributed by atoms with Crippen molar-refractivity contribution in [2.75, 3.05) is 0 Å². The Bertz CT molecular complexity index is 1420. The zero-order valence-electron chi connectivity index (χ0n) is 17.8. The molecule has 3 aromatic carbocycles. The largest absolute Gasteiger partial charge is 0.454 e. The van der Waals surface area contributed by atoms with Crippen LogP contribution >= 0.6 is 0 Å². The van der Waals surface area contributed by atoms with E-state index in [9.17, 15) is 14.6 Å². The van der Waals surface area contributed by atoms with Gasteiger partial charge >= 0.3 is 0 Å². The molecule has 1 atom stereocenters. The Labute approximate surface area is 189 Å². The Morgan fingerprint density at radius 1 is 1.06 bits per heavy atom. The van der Waals surface area contributed by atoms with Crippen molar-refractivity contribution in [3.05, 3.63) is 102 Å². The van der Waals surface area contributed by atoms with Crippen LogP contribution in [0, 0.1) is 5.82 Å². The Kier molecular flexibility index (Phi) is 5.20. The number of halogens is 1. The number of ether oxygens (including phenoxy) is 1. The zero-order valence-corrected chi connectivity index (χ0v) is 17.8. The number of hydrogen-bond donors (Lipinski definition) is 4. The van der Waals surface area contributed by atoms with Crippen LogP contribution in [0.15, 0.2) is 79.1 Å². The molecule has 6 nitrogen and oxygen atoms in total. The van der Waals surface area contributed by atoms with Crippen LogP contribution in [0.4, 0.5) is 4.39 Å². The van der Waals surface area contributed by atoms with Gasteiger partial charge in [-0.1, -0.05) is 42.5 Å². The fourth-order valence-corrected chi connectivity index (χ4v) is 3.95. The highest BCUT2D eigenvalue weighted by Crippen LogP contribution is 2.36. The number of fused-ring (bicyclic) bond motifs is 1. The highest BCUT2D eigenvalue weighted by atomic mass is 19.1. The van der Waals surface area contributed by atoms with Gasteiger partial charge in [0.2, 0.25) is 0 Å². The number of rotatable bonds is 6. The third-order valence-electron chi connectivity index (χ3n) is 5.79. The first-order valence-corrected chi connectivity index (χ1v) is 10.5. The van der Waals surface area contributed by atoms with Gasteiger partial charge in [-0.15, -0.1) is 0 Å². The van der Waals surface area contributed by atoms with Gasteiger partial charge in [0.05, 0.1) is 18.5 Å². The van der Waals surface area contributed by atoms with E-state index in [4.69, 9.17) is 4.74 Å². The fourth-order valence-electron chi connectivity index (χ4n) is 3.95. The van der Waals surface area contributed by atoms with Crippen LogP contribution in [-0.4, -0.2) is 25.2 Å². The third kappa shape index (κ3) is 3.77. The van der Waals surface area contributed by atoms with Crippen LogP contribution in [0.25, 0.3) is 22.3 Å². The lowest BCUT2D eigenvalue weighted by atomic mass is 9.93. The summed E-state index contributed by atoms with van der Waals surface area (Å²) in [5.41, 5.74) is 1.70. The average Bonchev–Trinajstić information content (AvgIpc) is 3.51. The molecular formula is C26H22FN3O3. The van der Waals surface area contributed by atoms with E-state index >= 15 is 0 Å². The van der Waals surface area contributed by atoms with Crippen LogP contribution in [0.1, 0.15) is 23.7 Å². The van der Waals surface area contributed by atoms with Crippen molar-refractivity contribution >= 4 is 10.9 Å². The van der Waals surface area contributed by atoms with E-state index in [-0.39, 0.29) is 12.4 Å². The maximum absolute atomic E-state index is 14.7. The van der Waals surface area contributed by atoms with E-state index in [0.29, 0.717) is 39.3 Å². The Morgan fingerprint density at radius 3 is 2.67 bits per heavy atom. The van der Waals surface area contributed by atoms with Crippen LogP contribution in [0.5, 0.6) is 11.5 Å². The minimum atomic E-state index is -1.24. The molecule has 0 bridgehead atoms. The molecule has 0 aliphatic heterocycles. The Balaban J connectivity index is 1.47. The second-order valence-electron chi connectivity index (χ2n) is 7.98. The lowest BCUT2D eigenvalue weighted by molar-refractivity contribution is 0.0979. The molecule has 4 N–H and O–H groups in total. The molecule has 0 saturated heterocycles. The Morgan fingerprint density at radius 2 is 1.88 bits per heavy atom. The van der Waals surface area contributed by atoms with Crippen LogP contribution < -0.4 is 4.74 Å². The lowest BCUT2D eigenvalue weighted by Crippen LogP contribution is -2.23. The van der Waals surface area contributed by atoms with E-state index in [1.165, 1.54) is 6.07 Å². The van der Waals surface area contributed by atoms with Crippen molar-refractivity contribution < 1.29 is 19.3 Å². The maximum Gasteiger partial charge on any atom is 0.169 e. The Hall–Kier alpha value is -3.94. The minimum absolute atomic E-state index is 0.0195. The van der Waals surface area contributed by atoms with Gasteiger partial charge in [0.25, 0.3) is 0 Å². The number of nitrogens with zero attached hydrogens (tertiary/aromatic N) is 1. The number of aliphatic hydroxyl groups is 2. The summed E-state index contributed by atoms with van der Waals surface area (Å²) >= 11 is 0. The molecule has 0 aliphatic carbocycles. The molecule has 0 aliphatic rings. The van der Waals surface area contributed by atoms with Crippen molar-refractivity contribution in [2.24, 2.45) is 0 Å². The van der Waals surface area contributed by atoms with Gasteiger partial charge in [-0.2, -0.15) is 0 Å². The molecule has 5 aromatic rings. The van der Waals surface area contributed by atoms with E-state index in [2.05, 4.69) is 15.0 Å². The smallest absolute Gasteiger partial charge is 0.169 e. The predicted molar refractivity (Wildman–Crippen MR) is 123 cm³/mol. The molecule has 0 saturated carbocycles. The summed E-state index contributed by atoms with van der Waals surface area (Å²) in [4.78, 5) is 10.5. The van der Waals surface area contributed by atoms with E-state index in [1.54, 1.807) is 43.6 Å². The minimum Gasteiger partial charge on any atom is -0.454 e. The molecule has 2 heterocycles. The highest BCUT2D eigenvalue weighted by Gasteiger charge is 2.28. The second-order valence-corrected chi connectivity index (χ2v) is 7.98. The summed E-state index contributed by atoms with van der Waals surface area (Å²) in [5.74, 6) is 0.340. The van der Waals surface area contributed by atoms with Gasteiger partial charge in [0, 0.05) is 34.3 Å². The lowest BCUT2D eigenvalue weighted by Gasteiger charge is -2.22. The molecule has 7 heteroatoms. The molecule has 166 valence electrons. The van der Waals surface area contributed by atoms with Crippen molar-refractivity contribution in [3.8, 4) is 22.9 Å². The summed E-state index contributed by atoms with van der Waals surface area (Å²) < 4.78 is 20.6. The summed E-state index contributed by atoms with van der Waals surface area (Å²) in [7, 11) is 0. The highest BCUT2D eigenvalue weighted by molar-refractivity contribution is 5.85. The SMILES string of the molecule is CC(O)(c1ccccc1)c1cnc(-c2cccc(Oc3c(F)cc4[nH]ccc4c3CO)c2)[nH]1. The van der Waals surface area contributed by atoms with Gasteiger partial charge < -0.3 is 24.9 Å². The molecular weight excluding hydrogens is 421 g/mol. The number of hydrogen-bond acceptors (Lipinski definition) is 4. The van der Waals surface area contributed by atoms with Crippen LogP contribution in [0.2, 0.25) is 0 Å². The molecule has 0 radical (unpaired) electrons. The maximum atomic E-state index is 14.7. The van der Waals surface area contributed by atoms with Crippen molar-refractivity contribution in [1.82, 2.24) is 15.0 Å². The van der Waals surface area contributed by atoms with Crippen LogP contribution in [-0.2, 0) is 12.2 Å². The number of imidazole rings is 1. The number of H-pyrrole nitrogens is 2. The quantitative estimate of drug-likeness (QED) is 0.289. The second kappa shape index (κ2) is 8.20. The summed E-state index contributed by atoms with van der Waals surface area (Å²) in [6.45, 7) is 1.34. The predicted octanol–water partition coefficient (Wildman–Crippen LogP) is 5.24. The molecule has 0 spiro atoms.